The van der Waals surface area contributed by atoms with Crippen LogP contribution in [0.25, 0.3) is 11.5 Å². The summed E-state index contributed by atoms with van der Waals surface area (Å²) in [7, 11) is 0. The maximum atomic E-state index is 5.63. The van der Waals surface area contributed by atoms with Gasteiger partial charge in [0.05, 0.1) is 12.1 Å². The van der Waals surface area contributed by atoms with Crippen LogP contribution in [0.3, 0.4) is 0 Å². The highest BCUT2D eigenvalue weighted by molar-refractivity contribution is 9.10. The third-order valence-electron chi connectivity index (χ3n) is 2.48. The second-order valence-corrected chi connectivity index (χ2v) is 5.37. The summed E-state index contributed by atoms with van der Waals surface area (Å²) in [5, 5.41) is 11.3. The van der Waals surface area contributed by atoms with Crippen LogP contribution in [0.4, 0.5) is 0 Å². The molecule has 0 bridgehead atoms. The minimum atomic E-state index is 0.395. The Morgan fingerprint density at radius 2 is 2.11 bits per heavy atom. The molecule has 0 aliphatic rings. The van der Waals surface area contributed by atoms with Crippen LogP contribution in [0.15, 0.2) is 27.1 Å². The fourth-order valence-electron chi connectivity index (χ4n) is 1.52. The summed E-state index contributed by atoms with van der Waals surface area (Å²) in [5.74, 6) is 1.15. The van der Waals surface area contributed by atoms with Gasteiger partial charge in [-0.05, 0) is 40.5 Å². The van der Waals surface area contributed by atoms with Crippen molar-refractivity contribution in [3.8, 4) is 11.5 Å². The molecule has 0 aliphatic carbocycles. The van der Waals surface area contributed by atoms with Crippen LogP contribution in [0.2, 0.25) is 0 Å². The van der Waals surface area contributed by atoms with Crippen LogP contribution in [0, 0.1) is 6.92 Å². The Bertz CT molecular complexity index is 537. The van der Waals surface area contributed by atoms with E-state index in [4.69, 9.17) is 4.42 Å². The topological polar surface area (TPSA) is 51.0 Å². The lowest BCUT2D eigenvalue weighted by molar-refractivity contribution is 0.458. The number of benzene rings is 1. The zero-order chi connectivity index (χ0) is 13.1. The van der Waals surface area contributed by atoms with Gasteiger partial charge < -0.3 is 9.73 Å². The van der Waals surface area contributed by atoms with Crippen molar-refractivity contribution in [3.05, 3.63) is 34.1 Å². The third kappa shape index (κ3) is 3.17. The van der Waals surface area contributed by atoms with E-state index in [1.54, 1.807) is 0 Å². The normalized spacial score (nSPS) is 11.2. The minimum absolute atomic E-state index is 0.395. The van der Waals surface area contributed by atoms with E-state index in [-0.39, 0.29) is 0 Å². The molecule has 0 amide bonds. The summed E-state index contributed by atoms with van der Waals surface area (Å²) >= 11 is 3.51. The van der Waals surface area contributed by atoms with Crippen LogP contribution in [0.5, 0.6) is 0 Å². The van der Waals surface area contributed by atoms with Crippen molar-refractivity contribution in [2.75, 3.05) is 0 Å². The lowest BCUT2D eigenvalue weighted by Crippen LogP contribution is -2.21. The highest BCUT2D eigenvalue weighted by Gasteiger charge is 2.11. The minimum Gasteiger partial charge on any atom is -0.419 e. The number of hydrogen-bond acceptors (Lipinski definition) is 4. The van der Waals surface area contributed by atoms with Gasteiger partial charge in [-0.3, -0.25) is 0 Å². The lowest BCUT2D eigenvalue weighted by atomic mass is 10.1. The zero-order valence-electron chi connectivity index (χ0n) is 10.7. The Labute approximate surface area is 115 Å². The number of halogens is 1. The van der Waals surface area contributed by atoms with Gasteiger partial charge in [0, 0.05) is 10.5 Å². The first-order valence-corrected chi connectivity index (χ1v) is 6.68. The van der Waals surface area contributed by atoms with Crippen molar-refractivity contribution in [1.29, 1.82) is 0 Å². The first kappa shape index (κ1) is 13.2. The number of aryl methyl sites for hydroxylation is 1. The molecule has 0 saturated heterocycles. The van der Waals surface area contributed by atoms with Crippen molar-refractivity contribution in [2.45, 2.75) is 33.4 Å². The smallest absolute Gasteiger partial charge is 0.248 e. The summed E-state index contributed by atoms with van der Waals surface area (Å²) in [6.45, 7) is 6.79. The molecule has 0 fully saturated rings. The third-order valence-corrected chi connectivity index (χ3v) is 3.14. The molecule has 0 unspecified atom stereocenters. The molecule has 1 N–H and O–H groups in total. The highest BCUT2D eigenvalue weighted by Crippen LogP contribution is 2.27. The molecule has 0 atom stereocenters. The van der Waals surface area contributed by atoms with E-state index < -0.39 is 0 Å². The summed E-state index contributed by atoms with van der Waals surface area (Å²) in [6, 6.07) is 6.43. The fraction of sp³-hybridized carbons (Fsp3) is 0.385. The highest BCUT2D eigenvalue weighted by atomic mass is 79.9. The Morgan fingerprint density at radius 3 is 2.78 bits per heavy atom. The quantitative estimate of drug-likeness (QED) is 0.941. The number of nitrogens with zero attached hydrogens (tertiary/aromatic N) is 2. The van der Waals surface area contributed by atoms with E-state index in [1.165, 1.54) is 5.56 Å². The van der Waals surface area contributed by atoms with E-state index in [0.717, 1.165) is 10.0 Å². The van der Waals surface area contributed by atoms with Crippen LogP contribution < -0.4 is 5.32 Å². The summed E-state index contributed by atoms with van der Waals surface area (Å²) in [6.07, 6.45) is 0. The predicted octanol–water partition coefficient (Wildman–Crippen LogP) is 3.31. The van der Waals surface area contributed by atoms with Gasteiger partial charge in [0.15, 0.2) is 0 Å². The molecular formula is C13H16BrN3O. The Morgan fingerprint density at radius 1 is 1.33 bits per heavy atom. The van der Waals surface area contributed by atoms with Crippen molar-refractivity contribution < 1.29 is 4.42 Å². The molecule has 1 aromatic heterocycles. The van der Waals surface area contributed by atoms with Crippen LogP contribution in [-0.4, -0.2) is 16.2 Å². The molecule has 0 saturated carbocycles. The Kier molecular flexibility index (Phi) is 4.14. The number of nitrogens with one attached hydrogen (secondary N) is 1. The molecule has 2 aromatic rings. The van der Waals surface area contributed by atoms with Crippen LogP contribution in [-0.2, 0) is 6.54 Å². The van der Waals surface area contributed by atoms with E-state index in [1.807, 2.05) is 25.1 Å². The van der Waals surface area contributed by atoms with Crippen LogP contribution in [0.1, 0.15) is 25.3 Å². The summed E-state index contributed by atoms with van der Waals surface area (Å²) in [4.78, 5) is 0. The van der Waals surface area contributed by atoms with Crippen molar-refractivity contribution in [3.63, 3.8) is 0 Å². The van der Waals surface area contributed by atoms with Gasteiger partial charge in [0.25, 0.3) is 0 Å². The first-order chi connectivity index (χ1) is 8.56. The molecule has 4 nitrogen and oxygen atoms in total. The zero-order valence-corrected chi connectivity index (χ0v) is 12.3. The average molecular weight is 310 g/mol. The van der Waals surface area contributed by atoms with Gasteiger partial charge in [0.2, 0.25) is 11.8 Å². The molecule has 0 aliphatic heterocycles. The van der Waals surface area contributed by atoms with E-state index in [2.05, 4.69) is 45.3 Å². The van der Waals surface area contributed by atoms with Gasteiger partial charge in [-0.15, -0.1) is 10.2 Å². The predicted molar refractivity (Wildman–Crippen MR) is 74.1 cm³/mol. The largest absolute Gasteiger partial charge is 0.419 e. The fourth-order valence-corrected chi connectivity index (χ4v) is 2.18. The monoisotopic (exact) mass is 309 g/mol. The van der Waals surface area contributed by atoms with Crippen molar-refractivity contribution in [2.24, 2.45) is 0 Å². The molecule has 96 valence electrons. The molecule has 1 heterocycles. The van der Waals surface area contributed by atoms with Crippen molar-refractivity contribution in [1.82, 2.24) is 15.5 Å². The van der Waals surface area contributed by atoms with E-state index in [0.29, 0.717) is 24.4 Å². The second-order valence-electron chi connectivity index (χ2n) is 4.52. The molecule has 0 radical (unpaired) electrons. The molecular weight excluding hydrogens is 294 g/mol. The SMILES string of the molecule is Cc1ccc(-c2nnc(CNC(C)C)o2)c(Br)c1. The molecule has 5 heteroatoms. The number of aromatic nitrogens is 2. The Balaban J connectivity index is 2.18. The Hall–Kier alpha value is -1.20. The van der Waals surface area contributed by atoms with Gasteiger partial charge >= 0.3 is 0 Å². The van der Waals surface area contributed by atoms with Crippen molar-refractivity contribution >= 4 is 15.9 Å². The molecule has 18 heavy (non-hydrogen) atoms. The molecule has 0 spiro atoms. The van der Waals surface area contributed by atoms with E-state index in [9.17, 15) is 0 Å². The van der Waals surface area contributed by atoms with Gasteiger partial charge in [-0.1, -0.05) is 19.9 Å². The standard InChI is InChI=1S/C13H16BrN3O/c1-8(2)15-7-12-16-17-13(18-12)10-5-4-9(3)6-11(10)14/h4-6,8,15H,7H2,1-3H3. The van der Waals surface area contributed by atoms with Gasteiger partial charge in [-0.2, -0.15) is 0 Å². The number of hydrogen-bond donors (Lipinski definition) is 1. The van der Waals surface area contributed by atoms with Crippen LogP contribution >= 0.6 is 15.9 Å². The molecule has 1 aromatic carbocycles. The maximum absolute atomic E-state index is 5.63. The number of rotatable bonds is 4. The average Bonchev–Trinajstić information content (AvgIpc) is 2.75. The van der Waals surface area contributed by atoms with Gasteiger partial charge in [-0.25, -0.2) is 0 Å². The summed E-state index contributed by atoms with van der Waals surface area (Å²) in [5.41, 5.74) is 2.11. The van der Waals surface area contributed by atoms with Gasteiger partial charge in [0.1, 0.15) is 0 Å². The first-order valence-electron chi connectivity index (χ1n) is 5.88. The maximum Gasteiger partial charge on any atom is 0.248 e. The molecule has 2 rings (SSSR count). The lowest BCUT2D eigenvalue weighted by Gasteiger charge is -2.03. The second kappa shape index (κ2) is 5.63. The van der Waals surface area contributed by atoms with E-state index >= 15 is 0 Å². The summed E-state index contributed by atoms with van der Waals surface area (Å²) < 4.78 is 6.59.